The van der Waals surface area contributed by atoms with Crippen molar-refractivity contribution in [3.8, 4) is 0 Å². The Hall–Kier alpha value is -2.36. The van der Waals surface area contributed by atoms with E-state index in [1.54, 1.807) is 18.3 Å². The highest BCUT2D eigenvalue weighted by Gasteiger charge is 2.15. The van der Waals surface area contributed by atoms with E-state index in [-0.39, 0.29) is 5.91 Å². The molecule has 1 aromatic heterocycles. The first kappa shape index (κ1) is 12.7. The van der Waals surface area contributed by atoms with Crippen LogP contribution in [0.1, 0.15) is 34.3 Å². The molecule has 4 nitrogen and oxygen atoms in total. The lowest BCUT2D eigenvalue weighted by Gasteiger charge is -2.19. The van der Waals surface area contributed by atoms with E-state index in [4.69, 9.17) is 5.73 Å². The molecule has 0 unspecified atom stereocenters. The molecule has 4 heteroatoms. The zero-order chi connectivity index (χ0) is 13.9. The van der Waals surface area contributed by atoms with Gasteiger partial charge in [-0.1, -0.05) is 12.1 Å². The number of carbonyl (C=O) groups is 1. The molecule has 1 amide bonds. The van der Waals surface area contributed by atoms with Crippen molar-refractivity contribution in [3.05, 3.63) is 53.2 Å². The Morgan fingerprint density at radius 3 is 2.90 bits per heavy atom. The van der Waals surface area contributed by atoms with Gasteiger partial charge in [0.25, 0.3) is 5.91 Å². The zero-order valence-electron chi connectivity index (χ0n) is 11.2. The number of benzene rings is 1. The van der Waals surface area contributed by atoms with Gasteiger partial charge in [-0.25, -0.2) is 4.98 Å². The monoisotopic (exact) mass is 267 g/mol. The molecule has 0 aliphatic heterocycles. The molecule has 1 aliphatic rings. The summed E-state index contributed by atoms with van der Waals surface area (Å²) in [5.41, 5.74) is 9.68. The van der Waals surface area contributed by atoms with E-state index in [0.717, 1.165) is 18.5 Å². The number of anilines is 2. The van der Waals surface area contributed by atoms with Crippen LogP contribution in [0.3, 0.4) is 0 Å². The molecular weight excluding hydrogens is 250 g/mol. The molecule has 1 heterocycles. The summed E-state index contributed by atoms with van der Waals surface area (Å²) in [6.45, 7) is 0. The molecule has 1 aromatic carbocycles. The molecule has 0 fully saturated rings. The van der Waals surface area contributed by atoms with Crippen LogP contribution in [0.25, 0.3) is 0 Å². The fourth-order valence-electron chi connectivity index (χ4n) is 2.68. The second kappa shape index (κ2) is 5.33. The van der Waals surface area contributed by atoms with Crippen LogP contribution in [0, 0.1) is 0 Å². The molecule has 3 rings (SSSR count). The van der Waals surface area contributed by atoms with Gasteiger partial charge in [0.15, 0.2) is 0 Å². The molecule has 0 saturated heterocycles. The SMILES string of the molecule is Nc1cc(C(=O)Nc2cccc3c2CCCC3)ccn1. The van der Waals surface area contributed by atoms with Crippen LogP contribution in [0.2, 0.25) is 0 Å². The van der Waals surface area contributed by atoms with Crippen molar-refractivity contribution in [3.63, 3.8) is 0 Å². The first-order valence-electron chi connectivity index (χ1n) is 6.88. The third kappa shape index (κ3) is 2.50. The summed E-state index contributed by atoms with van der Waals surface area (Å²) in [5.74, 6) is 0.214. The number of amides is 1. The average Bonchev–Trinajstić information content (AvgIpc) is 2.47. The Bertz CT molecular complexity index is 652. The highest BCUT2D eigenvalue weighted by molar-refractivity contribution is 6.05. The van der Waals surface area contributed by atoms with Crippen LogP contribution < -0.4 is 11.1 Å². The van der Waals surface area contributed by atoms with Crippen LogP contribution in [0.4, 0.5) is 11.5 Å². The smallest absolute Gasteiger partial charge is 0.255 e. The second-order valence-corrected chi connectivity index (χ2v) is 5.07. The largest absolute Gasteiger partial charge is 0.384 e. The van der Waals surface area contributed by atoms with Gasteiger partial charge in [0.05, 0.1) is 0 Å². The Balaban J connectivity index is 1.86. The first-order valence-corrected chi connectivity index (χ1v) is 6.88. The molecule has 3 N–H and O–H groups in total. The Morgan fingerprint density at radius 1 is 1.20 bits per heavy atom. The van der Waals surface area contributed by atoms with Crippen molar-refractivity contribution < 1.29 is 4.79 Å². The predicted octanol–water partition coefficient (Wildman–Crippen LogP) is 2.79. The number of aromatic nitrogens is 1. The fourth-order valence-corrected chi connectivity index (χ4v) is 2.68. The maximum absolute atomic E-state index is 12.3. The number of aryl methyl sites for hydroxylation is 1. The minimum absolute atomic E-state index is 0.141. The molecule has 2 aromatic rings. The van der Waals surface area contributed by atoms with Gasteiger partial charge in [-0.3, -0.25) is 4.79 Å². The molecule has 20 heavy (non-hydrogen) atoms. The van der Waals surface area contributed by atoms with Gasteiger partial charge < -0.3 is 11.1 Å². The molecule has 102 valence electrons. The van der Waals surface area contributed by atoms with Gasteiger partial charge in [0.2, 0.25) is 0 Å². The van der Waals surface area contributed by atoms with Gasteiger partial charge in [0, 0.05) is 17.4 Å². The lowest BCUT2D eigenvalue weighted by molar-refractivity contribution is 0.102. The van der Waals surface area contributed by atoms with Crippen molar-refractivity contribution in [1.29, 1.82) is 0 Å². The van der Waals surface area contributed by atoms with Crippen molar-refractivity contribution >= 4 is 17.4 Å². The van der Waals surface area contributed by atoms with E-state index in [9.17, 15) is 4.79 Å². The maximum atomic E-state index is 12.3. The van der Waals surface area contributed by atoms with Gasteiger partial charge in [-0.2, -0.15) is 0 Å². The summed E-state index contributed by atoms with van der Waals surface area (Å²) in [6.07, 6.45) is 6.09. The van der Waals surface area contributed by atoms with E-state index in [1.807, 2.05) is 12.1 Å². The molecule has 0 radical (unpaired) electrons. The predicted molar refractivity (Wildman–Crippen MR) is 79.7 cm³/mol. The Labute approximate surface area is 118 Å². The summed E-state index contributed by atoms with van der Waals surface area (Å²) < 4.78 is 0. The number of carbonyl (C=O) groups excluding carboxylic acids is 1. The van der Waals surface area contributed by atoms with Gasteiger partial charge in [0.1, 0.15) is 5.82 Å². The molecule has 1 aliphatic carbocycles. The summed E-state index contributed by atoms with van der Waals surface area (Å²) in [5, 5.41) is 2.99. The number of hydrogen-bond acceptors (Lipinski definition) is 3. The van der Waals surface area contributed by atoms with E-state index < -0.39 is 0 Å². The van der Waals surface area contributed by atoms with Crippen LogP contribution in [0.5, 0.6) is 0 Å². The van der Waals surface area contributed by atoms with Gasteiger partial charge in [-0.05, 0) is 55.0 Å². The summed E-state index contributed by atoms with van der Waals surface area (Å²) in [6, 6.07) is 9.37. The number of rotatable bonds is 2. The fraction of sp³-hybridized carbons (Fsp3) is 0.250. The zero-order valence-corrected chi connectivity index (χ0v) is 11.2. The molecule has 0 spiro atoms. The number of hydrogen-bond donors (Lipinski definition) is 2. The maximum Gasteiger partial charge on any atom is 0.255 e. The van der Waals surface area contributed by atoms with Crippen LogP contribution in [-0.2, 0) is 12.8 Å². The second-order valence-electron chi connectivity index (χ2n) is 5.07. The number of nitrogen functional groups attached to an aromatic ring is 1. The van der Waals surface area contributed by atoms with Gasteiger partial charge in [-0.15, -0.1) is 0 Å². The number of nitrogens with two attached hydrogens (primary N) is 1. The van der Waals surface area contributed by atoms with Crippen molar-refractivity contribution in [2.24, 2.45) is 0 Å². The van der Waals surface area contributed by atoms with Crippen molar-refractivity contribution in [2.75, 3.05) is 11.1 Å². The van der Waals surface area contributed by atoms with E-state index in [2.05, 4.69) is 16.4 Å². The van der Waals surface area contributed by atoms with Crippen LogP contribution in [0.15, 0.2) is 36.5 Å². The minimum Gasteiger partial charge on any atom is -0.384 e. The molecule has 0 saturated carbocycles. The summed E-state index contributed by atoms with van der Waals surface area (Å²) in [7, 11) is 0. The lowest BCUT2D eigenvalue weighted by Crippen LogP contribution is -2.15. The standard InChI is InChI=1S/C16H17N3O/c17-15-10-12(8-9-18-15)16(20)19-14-7-3-5-11-4-1-2-6-13(11)14/h3,5,7-10H,1-2,4,6H2,(H2,17,18)(H,19,20). The third-order valence-corrected chi connectivity index (χ3v) is 3.69. The van der Waals surface area contributed by atoms with Crippen molar-refractivity contribution in [1.82, 2.24) is 4.98 Å². The van der Waals surface area contributed by atoms with E-state index >= 15 is 0 Å². The Morgan fingerprint density at radius 2 is 2.05 bits per heavy atom. The van der Waals surface area contributed by atoms with E-state index in [1.165, 1.54) is 24.0 Å². The highest BCUT2D eigenvalue weighted by atomic mass is 16.1. The number of nitrogens with one attached hydrogen (secondary N) is 1. The number of pyridine rings is 1. The molecular formula is C16H17N3O. The van der Waals surface area contributed by atoms with E-state index in [0.29, 0.717) is 11.4 Å². The normalized spacial score (nSPS) is 13.6. The molecule has 0 bridgehead atoms. The summed E-state index contributed by atoms with van der Waals surface area (Å²) in [4.78, 5) is 16.2. The first-order chi connectivity index (χ1) is 9.74. The Kier molecular flexibility index (Phi) is 3.37. The van der Waals surface area contributed by atoms with Gasteiger partial charge >= 0.3 is 0 Å². The third-order valence-electron chi connectivity index (χ3n) is 3.69. The number of nitrogens with zero attached hydrogens (tertiary/aromatic N) is 1. The number of fused-ring (bicyclic) bond motifs is 1. The topological polar surface area (TPSA) is 68.0 Å². The molecule has 0 atom stereocenters. The van der Waals surface area contributed by atoms with Crippen LogP contribution >= 0.6 is 0 Å². The van der Waals surface area contributed by atoms with Crippen LogP contribution in [-0.4, -0.2) is 10.9 Å². The lowest BCUT2D eigenvalue weighted by atomic mass is 9.90. The van der Waals surface area contributed by atoms with Crippen molar-refractivity contribution in [2.45, 2.75) is 25.7 Å². The quantitative estimate of drug-likeness (QED) is 0.879. The highest BCUT2D eigenvalue weighted by Crippen LogP contribution is 2.28. The average molecular weight is 267 g/mol. The summed E-state index contributed by atoms with van der Waals surface area (Å²) >= 11 is 0. The minimum atomic E-state index is -0.141.